The molecule has 4 heteroatoms. The van der Waals surface area contributed by atoms with E-state index in [9.17, 15) is 9.90 Å². The molecule has 0 spiro atoms. The summed E-state index contributed by atoms with van der Waals surface area (Å²) in [6.45, 7) is 14.7. The average Bonchev–Trinajstić information content (AvgIpc) is 2.59. The first kappa shape index (κ1) is 22.5. The lowest BCUT2D eigenvalue weighted by atomic mass is 9.77. The maximum absolute atomic E-state index is 12.6. The largest absolute Gasteiger partial charge is 0.507 e. The van der Waals surface area contributed by atoms with Crippen molar-refractivity contribution in [1.82, 2.24) is 0 Å². The molecule has 0 aromatic heterocycles. The molecule has 4 nitrogen and oxygen atoms in total. The molecule has 0 aliphatic rings. The van der Waals surface area contributed by atoms with Crippen LogP contribution in [0.4, 0.5) is 5.69 Å². The van der Waals surface area contributed by atoms with E-state index in [4.69, 9.17) is 10.5 Å². The number of anilines is 1. The molecule has 0 unspecified atom stereocenters. The average molecular weight is 396 g/mol. The minimum absolute atomic E-state index is 0.116. The van der Waals surface area contributed by atoms with Gasteiger partial charge in [0.15, 0.2) is 5.78 Å². The Balaban J connectivity index is 2.65. The number of hydrogen-bond donors (Lipinski definition) is 2. The molecule has 0 saturated heterocycles. The highest BCUT2D eigenvalue weighted by molar-refractivity contribution is 6.07. The Morgan fingerprint density at radius 1 is 1.07 bits per heavy atom. The standard InChI is InChI=1S/C25H33NO3/c1-8-29-23-17(11-14-20(27)16-9-12-18(26)13-10-16)15-19(24(2,3)4)22(28)21(23)25(5,6)7/h9-15,28H,8,26H2,1-7H3. The summed E-state index contributed by atoms with van der Waals surface area (Å²) in [5.41, 5.74) is 8.65. The molecule has 0 amide bonds. The third kappa shape index (κ3) is 5.20. The van der Waals surface area contributed by atoms with E-state index in [1.54, 1.807) is 36.4 Å². The second kappa shape index (κ2) is 8.32. The number of carbonyl (C=O) groups is 1. The fourth-order valence-electron chi connectivity index (χ4n) is 3.28. The van der Waals surface area contributed by atoms with E-state index in [0.717, 1.165) is 16.7 Å². The first-order valence-electron chi connectivity index (χ1n) is 9.98. The molecule has 2 rings (SSSR count). The van der Waals surface area contributed by atoms with Crippen molar-refractivity contribution in [2.75, 3.05) is 12.3 Å². The van der Waals surface area contributed by atoms with Crippen LogP contribution in [0.15, 0.2) is 36.4 Å². The van der Waals surface area contributed by atoms with Crippen LogP contribution in [0.25, 0.3) is 6.08 Å². The van der Waals surface area contributed by atoms with E-state index in [0.29, 0.717) is 23.6 Å². The van der Waals surface area contributed by atoms with Gasteiger partial charge in [-0.05, 0) is 60.2 Å². The third-order valence-corrected chi connectivity index (χ3v) is 4.74. The van der Waals surface area contributed by atoms with Crippen molar-refractivity contribution in [3.63, 3.8) is 0 Å². The van der Waals surface area contributed by atoms with E-state index in [-0.39, 0.29) is 22.4 Å². The van der Waals surface area contributed by atoms with Crippen molar-refractivity contribution in [3.05, 3.63) is 58.7 Å². The van der Waals surface area contributed by atoms with E-state index in [1.165, 1.54) is 0 Å². The van der Waals surface area contributed by atoms with Gasteiger partial charge in [-0.15, -0.1) is 0 Å². The number of aromatic hydroxyl groups is 1. The molecule has 0 radical (unpaired) electrons. The highest BCUT2D eigenvalue weighted by Crippen LogP contribution is 2.46. The Bertz CT molecular complexity index is 911. The zero-order valence-corrected chi connectivity index (χ0v) is 18.6. The minimum Gasteiger partial charge on any atom is -0.507 e. The summed E-state index contributed by atoms with van der Waals surface area (Å²) in [5, 5.41) is 11.1. The number of allylic oxidation sites excluding steroid dienone is 1. The van der Waals surface area contributed by atoms with Crippen molar-refractivity contribution in [2.45, 2.75) is 59.3 Å². The molecular weight excluding hydrogens is 362 g/mol. The van der Waals surface area contributed by atoms with Gasteiger partial charge in [-0.1, -0.05) is 41.5 Å². The summed E-state index contributed by atoms with van der Waals surface area (Å²) in [6, 6.07) is 8.76. The maximum atomic E-state index is 12.6. The molecular formula is C25H33NO3. The zero-order valence-electron chi connectivity index (χ0n) is 18.6. The Morgan fingerprint density at radius 2 is 1.66 bits per heavy atom. The van der Waals surface area contributed by atoms with Gasteiger partial charge in [-0.2, -0.15) is 0 Å². The van der Waals surface area contributed by atoms with Crippen LogP contribution in [-0.4, -0.2) is 17.5 Å². The number of hydrogen-bond acceptors (Lipinski definition) is 4. The summed E-state index contributed by atoms with van der Waals surface area (Å²) in [4.78, 5) is 12.6. The summed E-state index contributed by atoms with van der Waals surface area (Å²) < 4.78 is 5.96. The highest BCUT2D eigenvalue weighted by Gasteiger charge is 2.31. The van der Waals surface area contributed by atoms with Gasteiger partial charge in [-0.3, -0.25) is 4.79 Å². The van der Waals surface area contributed by atoms with Gasteiger partial charge in [0, 0.05) is 27.9 Å². The number of ether oxygens (including phenoxy) is 1. The molecule has 2 aromatic carbocycles. The topological polar surface area (TPSA) is 72.5 Å². The lowest BCUT2D eigenvalue weighted by molar-refractivity contribution is 0.104. The Labute approximate surface area is 174 Å². The predicted octanol–water partition coefficient (Wildman–Crippen LogP) is 5.86. The van der Waals surface area contributed by atoms with Crippen LogP contribution >= 0.6 is 0 Å². The number of ketones is 1. The van der Waals surface area contributed by atoms with Gasteiger partial charge in [0.1, 0.15) is 11.5 Å². The zero-order chi connectivity index (χ0) is 22.0. The van der Waals surface area contributed by atoms with Crippen LogP contribution in [0.5, 0.6) is 11.5 Å². The molecule has 0 fully saturated rings. The number of benzene rings is 2. The smallest absolute Gasteiger partial charge is 0.185 e. The Hall–Kier alpha value is -2.75. The van der Waals surface area contributed by atoms with Crippen molar-refractivity contribution in [2.24, 2.45) is 0 Å². The van der Waals surface area contributed by atoms with Crippen molar-refractivity contribution in [3.8, 4) is 11.5 Å². The lowest BCUT2D eigenvalue weighted by Gasteiger charge is -2.30. The van der Waals surface area contributed by atoms with E-state index in [1.807, 2.05) is 33.8 Å². The van der Waals surface area contributed by atoms with Crippen molar-refractivity contribution < 1.29 is 14.6 Å². The van der Waals surface area contributed by atoms with E-state index in [2.05, 4.69) is 20.8 Å². The monoisotopic (exact) mass is 395 g/mol. The number of rotatable bonds is 5. The molecule has 0 heterocycles. The molecule has 0 atom stereocenters. The maximum Gasteiger partial charge on any atom is 0.185 e. The highest BCUT2D eigenvalue weighted by atomic mass is 16.5. The normalized spacial score (nSPS) is 12.4. The quantitative estimate of drug-likeness (QED) is 0.377. The predicted molar refractivity (Wildman–Crippen MR) is 121 cm³/mol. The van der Waals surface area contributed by atoms with Crippen molar-refractivity contribution in [1.29, 1.82) is 0 Å². The first-order chi connectivity index (χ1) is 13.4. The van der Waals surface area contributed by atoms with Gasteiger partial charge in [0.25, 0.3) is 0 Å². The van der Waals surface area contributed by atoms with Crippen LogP contribution < -0.4 is 10.5 Å². The number of phenolic OH excluding ortho intramolecular Hbond substituents is 1. The summed E-state index contributed by atoms with van der Waals surface area (Å²) >= 11 is 0. The number of nitrogens with two attached hydrogens (primary N) is 1. The minimum atomic E-state index is -0.334. The molecule has 156 valence electrons. The third-order valence-electron chi connectivity index (χ3n) is 4.74. The van der Waals surface area contributed by atoms with Crippen LogP contribution in [0.1, 0.15) is 75.5 Å². The molecule has 29 heavy (non-hydrogen) atoms. The van der Waals surface area contributed by atoms with Crippen LogP contribution in [-0.2, 0) is 10.8 Å². The molecule has 0 aliphatic heterocycles. The number of phenols is 1. The van der Waals surface area contributed by atoms with Gasteiger partial charge >= 0.3 is 0 Å². The second-order valence-corrected chi connectivity index (χ2v) is 9.32. The second-order valence-electron chi connectivity index (χ2n) is 9.32. The van der Waals surface area contributed by atoms with Gasteiger partial charge in [-0.25, -0.2) is 0 Å². The summed E-state index contributed by atoms with van der Waals surface area (Å²) in [7, 11) is 0. The first-order valence-corrected chi connectivity index (χ1v) is 9.98. The Kier molecular flexibility index (Phi) is 6.46. The summed E-state index contributed by atoms with van der Waals surface area (Å²) in [5.74, 6) is 0.762. The molecule has 0 bridgehead atoms. The van der Waals surface area contributed by atoms with E-state index >= 15 is 0 Å². The SMILES string of the molecule is CCOc1c(C=CC(=O)c2ccc(N)cc2)cc(C(C)(C)C)c(O)c1C(C)(C)C. The molecule has 2 aromatic rings. The van der Waals surface area contributed by atoms with Gasteiger partial charge < -0.3 is 15.6 Å². The summed E-state index contributed by atoms with van der Waals surface area (Å²) in [6.07, 6.45) is 3.31. The van der Waals surface area contributed by atoms with E-state index < -0.39 is 0 Å². The molecule has 0 aliphatic carbocycles. The molecule has 3 N–H and O–H groups in total. The molecule has 0 saturated carbocycles. The fraction of sp³-hybridized carbons (Fsp3) is 0.400. The van der Waals surface area contributed by atoms with Crippen LogP contribution in [0, 0.1) is 0 Å². The number of carbonyl (C=O) groups excluding carboxylic acids is 1. The van der Waals surface area contributed by atoms with Crippen LogP contribution in [0.2, 0.25) is 0 Å². The van der Waals surface area contributed by atoms with Crippen LogP contribution in [0.3, 0.4) is 0 Å². The number of nitrogen functional groups attached to an aromatic ring is 1. The Morgan fingerprint density at radius 3 is 2.14 bits per heavy atom. The van der Waals surface area contributed by atoms with Crippen molar-refractivity contribution >= 4 is 17.5 Å². The fourth-order valence-corrected chi connectivity index (χ4v) is 3.28. The van der Waals surface area contributed by atoms with Gasteiger partial charge in [0.2, 0.25) is 0 Å². The van der Waals surface area contributed by atoms with Gasteiger partial charge in [0.05, 0.1) is 6.61 Å². The lowest BCUT2D eigenvalue weighted by Crippen LogP contribution is -2.19.